The minimum absolute atomic E-state index is 0. The fourth-order valence-corrected chi connectivity index (χ4v) is 6.33. The zero-order valence-electron chi connectivity index (χ0n) is 24.8. The number of aryl methyl sites for hydroxylation is 4. The van der Waals surface area contributed by atoms with Crippen LogP contribution < -0.4 is 39.2 Å². The van der Waals surface area contributed by atoms with Gasteiger partial charge in [0.1, 0.15) is 28.2 Å². The maximum atomic E-state index is 5.12. The normalized spacial score (nSPS) is 19.2. The molecule has 0 aromatic carbocycles. The van der Waals surface area contributed by atoms with Gasteiger partial charge in [-0.3, -0.25) is 0 Å². The summed E-state index contributed by atoms with van der Waals surface area (Å²) in [5.74, 6) is 2.67. The van der Waals surface area contributed by atoms with Gasteiger partial charge in [-0.05, 0) is 30.1 Å². The van der Waals surface area contributed by atoms with Gasteiger partial charge in [0.15, 0.2) is 36.3 Å². The second-order valence-corrected chi connectivity index (χ2v) is 11.1. The standard InChI is InChI=1S/C32H25N12.Mn/c1-41-13-5-9-17-21(41)29-33-25(17)38-30-23-19(11-7-15-43(23)3)27(35-30)40-32-24-20(12-8-16-44(24)4)28(36-32)39-31-22-18(26(34-31)37-29)10-6-14-42(22)2;/h5-16,29H,1-4H3;/q+1;+3. The molecule has 45 heavy (non-hydrogen) atoms. The van der Waals surface area contributed by atoms with Crippen molar-refractivity contribution in [2.24, 2.45) is 53.2 Å². The molecule has 1 unspecified atom stereocenters. The van der Waals surface area contributed by atoms with Crippen molar-refractivity contribution in [1.29, 1.82) is 0 Å². The van der Waals surface area contributed by atoms with Crippen LogP contribution in [0.25, 0.3) is 27.1 Å². The smallest absolute Gasteiger partial charge is 0.446 e. The Balaban J connectivity index is 0.00000300. The summed E-state index contributed by atoms with van der Waals surface area (Å²) < 4.78 is 8.07. The molecule has 1 atom stereocenters. The van der Waals surface area contributed by atoms with Gasteiger partial charge in [-0.15, -0.1) is 0 Å². The van der Waals surface area contributed by atoms with Crippen LogP contribution in [-0.4, -0.2) is 17.5 Å². The second-order valence-electron chi connectivity index (χ2n) is 11.1. The third-order valence-electron chi connectivity index (χ3n) is 8.37. The predicted molar refractivity (Wildman–Crippen MR) is 159 cm³/mol. The molecule has 6 aromatic heterocycles. The number of hydrogen-bond donors (Lipinski definition) is 0. The van der Waals surface area contributed by atoms with Crippen molar-refractivity contribution in [2.75, 3.05) is 0 Å². The van der Waals surface area contributed by atoms with Gasteiger partial charge in [-0.25, -0.2) is 18.7 Å². The minimum atomic E-state index is -0.554. The van der Waals surface area contributed by atoms with Gasteiger partial charge in [-0.1, -0.05) is 0 Å². The molecular weight excluding hydrogens is 607 g/mol. The van der Waals surface area contributed by atoms with Crippen LogP contribution >= 0.6 is 0 Å². The molecule has 0 spiro atoms. The molecule has 9 rings (SSSR count). The average Bonchev–Trinajstić information content (AvgIpc) is 3.74. The average molecular weight is 633 g/mol. The van der Waals surface area contributed by atoms with Gasteiger partial charge < -0.3 is 35.3 Å². The van der Waals surface area contributed by atoms with Crippen molar-refractivity contribution < 1.29 is 35.3 Å². The van der Waals surface area contributed by atoms with E-state index in [4.69, 9.17) is 40.2 Å². The first-order valence-electron chi connectivity index (χ1n) is 14.2. The van der Waals surface area contributed by atoms with Gasteiger partial charge in [0.05, 0.1) is 39.6 Å². The molecule has 0 aliphatic carbocycles. The predicted octanol–water partition coefficient (Wildman–Crippen LogP) is 0.459. The van der Waals surface area contributed by atoms with E-state index in [0.717, 1.165) is 44.3 Å². The van der Waals surface area contributed by atoms with Crippen LogP contribution in [0.3, 0.4) is 0 Å². The summed E-state index contributed by atoms with van der Waals surface area (Å²) in [6.45, 7) is 0. The zero-order chi connectivity index (χ0) is 29.7. The van der Waals surface area contributed by atoms with Gasteiger partial charge >= 0.3 is 17.1 Å². The fourth-order valence-electron chi connectivity index (χ4n) is 6.33. The van der Waals surface area contributed by atoms with Crippen LogP contribution in [0, 0.1) is 0 Å². The molecule has 0 amide bonds. The third-order valence-corrected chi connectivity index (χ3v) is 8.37. The monoisotopic (exact) mass is 632 g/mol. The molecule has 9 heterocycles. The van der Waals surface area contributed by atoms with Crippen LogP contribution in [-0.2, 0) is 45.3 Å². The molecule has 3 aliphatic heterocycles. The summed E-state index contributed by atoms with van der Waals surface area (Å²) in [4.78, 5) is 35.2. The number of nitrogens with zero attached hydrogens (tertiary/aromatic N) is 12. The van der Waals surface area contributed by atoms with Crippen LogP contribution in [0.15, 0.2) is 98.3 Å². The largest absolute Gasteiger partial charge is 3.00 e. The summed E-state index contributed by atoms with van der Waals surface area (Å²) in [6, 6.07) is 16.0. The Kier molecular flexibility index (Phi) is 5.93. The first kappa shape index (κ1) is 27.2. The third kappa shape index (κ3) is 3.94. The van der Waals surface area contributed by atoms with Crippen molar-refractivity contribution in [2.45, 2.75) is 6.17 Å². The van der Waals surface area contributed by atoms with E-state index in [1.54, 1.807) is 0 Å². The Labute approximate surface area is 267 Å². The molecule has 6 aromatic rings. The van der Waals surface area contributed by atoms with E-state index in [1.807, 2.05) is 120 Å². The fraction of sp³-hybridized carbons (Fsp3) is 0.156. The summed E-state index contributed by atoms with van der Waals surface area (Å²) in [5.41, 5.74) is 6.33. The van der Waals surface area contributed by atoms with Gasteiger partial charge in [0, 0.05) is 41.1 Å². The van der Waals surface area contributed by atoms with Gasteiger partial charge in [-0.2, -0.15) is 4.57 Å². The number of aromatic nitrogens is 6. The van der Waals surface area contributed by atoms with Crippen molar-refractivity contribution in [3.05, 3.63) is 112 Å². The van der Waals surface area contributed by atoms with Crippen LogP contribution in [0.4, 0.5) is 11.6 Å². The van der Waals surface area contributed by atoms with E-state index in [1.165, 1.54) is 0 Å². The number of fused-ring (bicyclic) bond motifs is 19. The Bertz CT molecular complexity index is 2480. The summed E-state index contributed by atoms with van der Waals surface area (Å²) in [7, 11) is 7.94. The van der Waals surface area contributed by atoms with E-state index in [2.05, 4.69) is 0 Å². The minimum Gasteiger partial charge on any atom is -0.446 e. The maximum absolute atomic E-state index is 5.12. The maximum Gasteiger partial charge on any atom is 3.00 e. The number of rotatable bonds is 0. The van der Waals surface area contributed by atoms with E-state index in [9.17, 15) is 0 Å². The SMILES string of the molecule is C[n+]1cccc2c1/C1=N/c3[n-]c(c4c3ccc[n+]4C)/N=C3\[N-]C(/N=c4\[n-]c(c5c4ccc[n+]5C)=NC2=N1)c1c3ccc[n+]1C.[Mn+3]. The molecular formula is C32H25MnN12+4. The van der Waals surface area contributed by atoms with Crippen molar-refractivity contribution >= 4 is 50.9 Å². The second kappa shape index (κ2) is 9.81. The summed E-state index contributed by atoms with van der Waals surface area (Å²) in [6.07, 6.45) is 7.38. The number of amidine groups is 3. The zero-order valence-corrected chi connectivity index (χ0v) is 25.9. The molecule has 13 heteroatoms. The Morgan fingerprint density at radius 2 is 1.29 bits per heavy atom. The molecule has 0 fully saturated rings. The first-order chi connectivity index (χ1) is 21.4. The molecule has 0 saturated carbocycles. The van der Waals surface area contributed by atoms with Crippen LogP contribution in [0.2, 0.25) is 0 Å². The van der Waals surface area contributed by atoms with Crippen molar-refractivity contribution in [1.82, 2.24) is 9.97 Å². The Morgan fingerprint density at radius 1 is 0.600 bits per heavy atom. The van der Waals surface area contributed by atoms with E-state index < -0.39 is 6.17 Å². The van der Waals surface area contributed by atoms with Gasteiger partial charge in [0.25, 0.3) is 0 Å². The van der Waals surface area contributed by atoms with Crippen molar-refractivity contribution in [3.63, 3.8) is 0 Å². The molecule has 8 bridgehead atoms. The van der Waals surface area contributed by atoms with E-state index >= 15 is 0 Å². The van der Waals surface area contributed by atoms with Crippen LogP contribution in [0.1, 0.15) is 28.7 Å². The summed E-state index contributed by atoms with van der Waals surface area (Å²) >= 11 is 0. The number of hydrogen-bond acceptors (Lipinski definition) is 5. The number of pyridine rings is 4. The first-order valence-corrected chi connectivity index (χ1v) is 14.2. The topological polar surface area (TPSA) is 120 Å². The van der Waals surface area contributed by atoms with E-state index in [0.29, 0.717) is 40.1 Å². The van der Waals surface area contributed by atoms with Crippen molar-refractivity contribution in [3.8, 4) is 0 Å². The molecule has 0 radical (unpaired) electrons. The molecule has 12 nitrogen and oxygen atoms in total. The molecule has 216 valence electrons. The van der Waals surface area contributed by atoms with Gasteiger partial charge in [0.2, 0.25) is 16.7 Å². The number of aliphatic imine (C=N–C) groups is 3. The Morgan fingerprint density at radius 3 is 2.11 bits per heavy atom. The van der Waals surface area contributed by atoms with Crippen LogP contribution in [0.5, 0.6) is 0 Å². The molecule has 0 saturated heterocycles. The quantitative estimate of drug-likeness (QED) is 0.179. The molecule has 3 aliphatic rings. The summed E-state index contributed by atoms with van der Waals surface area (Å²) in [5, 5.41) is 6.78. The Hall–Kier alpha value is -5.39. The molecule has 0 N–H and O–H groups in total. The van der Waals surface area contributed by atoms with E-state index in [-0.39, 0.29) is 17.1 Å².